The van der Waals surface area contributed by atoms with Gasteiger partial charge in [0.25, 0.3) is 0 Å². The minimum atomic E-state index is -0.632. The summed E-state index contributed by atoms with van der Waals surface area (Å²) in [6.07, 6.45) is 2.12. The number of pyridine rings is 1. The molecule has 1 atom stereocenters. The van der Waals surface area contributed by atoms with Crippen LogP contribution < -0.4 is 11.1 Å². The van der Waals surface area contributed by atoms with Crippen LogP contribution in [0.1, 0.15) is 6.42 Å². The normalized spacial score (nSPS) is 12.3. The molecule has 0 radical (unpaired) electrons. The van der Waals surface area contributed by atoms with Crippen LogP contribution in [-0.4, -0.2) is 30.6 Å². The molecule has 2 rings (SSSR count). The molecule has 2 aromatic rings. The van der Waals surface area contributed by atoms with Gasteiger partial charge in [0.15, 0.2) is 0 Å². The Morgan fingerprint density at radius 2 is 2.35 bits per heavy atom. The first kappa shape index (κ1) is 14.7. The van der Waals surface area contributed by atoms with E-state index in [0.29, 0.717) is 29.3 Å². The molecule has 20 heavy (non-hydrogen) atoms. The summed E-state index contributed by atoms with van der Waals surface area (Å²) in [6.45, 7) is 0.434. The number of nitrogens with zero attached hydrogens (tertiary/aromatic N) is 1. The minimum Gasteiger partial charge on any atom is -0.385 e. The Morgan fingerprint density at radius 3 is 3.10 bits per heavy atom. The van der Waals surface area contributed by atoms with E-state index in [1.54, 1.807) is 25.4 Å². The topological polar surface area (TPSA) is 77.2 Å². The Kier molecular flexibility index (Phi) is 4.89. The molecule has 1 heterocycles. The Labute approximate surface area is 122 Å². The molecule has 0 aliphatic heterocycles. The van der Waals surface area contributed by atoms with E-state index in [1.165, 1.54) is 0 Å². The van der Waals surface area contributed by atoms with Gasteiger partial charge in [-0.15, -0.1) is 0 Å². The lowest BCUT2D eigenvalue weighted by Gasteiger charge is -2.13. The molecule has 0 fully saturated rings. The van der Waals surface area contributed by atoms with Crippen molar-refractivity contribution in [2.45, 2.75) is 12.5 Å². The number of hydrogen-bond donors (Lipinski definition) is 2. The third kappa shape index (κ3) is 3.45. The summed E-state index contributed by atoms with van der Waals surface area (Å²) in [7, 11) is 1.57. The molecule has 0 aliphatic carbocycles. The maximum Gasteiger partial charge on any atom is 0.241 e. The summed E-state index contributed by atoms with van der Waals surface area (Å²) in [6, 6.07) is 6.53. The van der Waals surface area contributed by atoms with Crippen molar-refractivity contribution in [1.29, 1.82) is 0 Å². The van der Waals surface area contributed by atoms with Gasteiger partial charge in [-0.3, -0.25) is 9.78 Å². The highest BCUT2D eigenvalue weighted by Gasteiger charge is 2.15. The van der Waals surface area contributed by atoms with Gasteiger partial charge in [-0.1, -0.05) is 17.7 Å². The lowest BCUT2D eigenvalue weighted by molar-refractivity contribution is -0.117. The van der Waals surface area contributed by atoms with Gasteiger partial charge in [-0.25, -0.2) is 0 Å². The number of fused-ring (bicyclic) bond motifs is 1. The molecule has 0 saturated carbocycles. The molecule has 0 bridgehead atoms. The number of ether oxygens (including phenoxy) is 1. The number of carbonyl (C=O) groups excluding carboxylic acids is 1. The van der Waals surface area contributed by atoms with E-state index < -0.39 is 6.04 Å². The first-order valence-corrected chi connectivity index (χ1v) is 6.59. The van der Waals surface area contributed by atoms with Gasteiger partial charge in [0.1, 0.15) is 0 Å². The number of amides is 1. The number of anilines is 1. The maximum absolute atomic E-state index is 12.0. The van der Waals surface area contributed by atoms with E-state index in [0.717, 1.165) is 5.39 Å². The zero-order valence-corrected chi connectivity index (χ0v) is 11.9. The van der Waals surface area contributed by atoms with Crippen molar-refractivity contribution < 1.29 is 9.53 Å². The number of hydrogen-bond acceptors (Lipinski definition) is 4. The molecule has 1 aromatic heterocycles. The molecule has 3 N–H and O–H groups in total. The van der Waals surface area contributed by atoms with Crippen LogP contribution in [0, 0.1) is 0 Å². The molecule has 1 aromatic carbocycles. The Morgan fingerprint density at radius 1 is 1.55 bits per heavy atom. The largest absolute Gasteiger partial charge is 0.385 e. The van der Waals surface area contributed by atoms with Crippen LogP contribution in [0.4, 0.5) is 5.69 Å². The fourth-order valence-corrected chi connectivity index (χ4v) is 2.08. The lowest BCUT2D eigenvalue weighted by atomic mass is 10.1. The van der Waals surface area contributed by atoms with Gasteiger partial charge in [-0.05, 0) is 24.6 Å². The van der Waals surface area contributed by atoms with Crippen LogP contribution in [0.3, 0.4) is 0 Å². The predicted octanol–water partition coefficient (Wildman–Crippen LogP) is 2.19. The first-order chi connectivity index (χ1) is 9.61. The molecule has 106 valence electrons. The third-order valence-electron chi connectivity index (χ3n) is 2.90. The molecule has 0 aliphatic rings. The molecular formula is C14H16ClN3O2. The minimum absolute atomic E-state index is 0.281. The molecule has 0 spiro atoms. The fourth-order valence-electron chi connectivity index (χ4n) is 1.85. The van der Waals surface area contributed by atoms with Gasteiger partial charge in [0, 0.05) is 30.3 Å². The van der Waals surface area contributed by atoms with E-state index in [4.69, 9.17) is 22.1 Å². The summed E-state index contributed by atoms with van der Waals surface area (Å²) in [4.78, 5) is 16.3. The van der Waals surface area contributed by atoms with E-state index in [2.05, 4.69) is 10.3 Å². The Bertz CT molecular complexity index is 618. The van der Waals surface area contributed by atoms with Crippen LogP contribution in [-0.2, 0) is 9.53 Å². The highest BCUT2D eigenvalue weighted by Crippen LogP contribution is 2.26. The average molecular weight is 294 g/mol. The Hall–Kier alpha value is -1.69. The van der Waals surface area contributed by atoms with Crippen molar-refractivity contribution in [2.75, 3.05) is 19.0 Å². The summed E-state index contributed by atoms with van der Waals surface area (Å²) in [5.41, 5.74) is 7.03. The van der Waals surface area contributed by atoms with E-state index >= 15 is 0 Å². The molecular weight excluding hydrogens is 278 g/mol. The molecule has 6 heteroatoms. The van der Waals surface area contributed by atoms with Crippen molar-refractivity contribution >= 4 is 34.1 Å². The van der Waals surface area contributed by atoms with Gasteiger partial charge >= 0.3 is 0 Å². The van der Waals surface area contributed by atoms with Crippen molar-refractivity contribution in [2.24, 2.45) is 5.73 Å². The summed E-state index contributed by atoms with van der Waals surface area (Å²) in [5.74, 6) is -0.281. The van der Waals surface area contributed by atoms with Crippen LogP contribution in [0.25, 0.3) is 10.9 Å². The van der Waals surface area contributed by atoms with Crippen molar-refractivity contribution in [1.82, 2.24) is 4.98 Å². The second-order valence-corrected chi connectivity index (χ2v) is 4.84. The highest BCUT2D eigenvalue weighted by molar-refractivity contribution is 6.32. The van der Waals surface area contributed by atoms with Crippen LogP contribution in [0.15, 0.2) is 30.5 Å². The van der Waals surface area contributed by atoms with Crippen molar-refractivity contribution in [3.05, 3.63) is 35.5 Å². The highest BCUT2D eigenvalue weighted by atomic mass is 35.5. The number of nitrogens with one attached hydrogen (secondary N) is 1. The number of halogens is 1. The second kappa shape index (κ2) is 6.65. The zero-order chi connectivity index (χ0) is 14.5. The molecule has 1 amide bonds. The van der Waals surface area contributed by atoms with Crippen LogP contribution >= 0.6 is 11.6 Å². The summed E-state index contributed by atoms with van der Waals surface area (Å²) in [5, 5.41) is 4.16. The summed E-state index contributed by atoms with van der Waals surface area (Å²) < 4.78 is 4.91. The van der Waals surface area contributed by atoms with Gasteiger partial charge in [-0.2, -0.15) is 0 Å². The predicted molar refractivity (Wildman–Crippen MR) is 79.9 cm³/mol. The summed E-state index contributed by atoms with van der Waals surface area (Å²) >= 11 is 6.04. The van der Waals surface area contributed by atoms with Gasteiger partial charge < -0.3 is 15.8 Å². The first-order valence-electron chi connectivity index (χ1n) is 6.21. The average Bonchev–Trinajstić information content (AvgIpc) is 2.44. The number of aromatic nitrogens is 1. The number of nitrogens with two attached hydrogens (primary N) is 1. The third-order valence-corrected chi connectivity index (χ3v) is 3.12. The second-order valence-electron chi connectivity index (χ2n) is 4.41. The smallest absolute Gasteiger partial charge is 0.241 e. The van der Waals surface area contributed by atoms with Crippen molar-refractivity contribution in [3.63, 3.8) is 0 Å². The van der Waals surface area contributed by atoms with Crippen LogP contribution in [0.2, 0.25) is 5.02 Å². The number of rotatable bonds is 5. The van der Waals surface area contributed by atoms with E-state index in [9.17, 15) is 4.79 Å². The molecule has 0 saturated heterocycles. The zero-order valence-electron chi connectivity index (χ0n) is 11.1. The van der Waals surface area contributed by atoms with Gasteiger partial charge in [0.2, 0.25) is 5.91 Å². The molecule has 1 unspecified atom stereocenters. The maximum atomic E-state index is 12.0. The van der Waals surface area contributed by atoms with Crippen molar-refractivity contribution in [3.8, 4) is 0 Å². The fraction of sp³-hybridized carbons (Fsp3) is 0.286. The quantitative estimate of drug-likeness (QED) is 0.886. The standard InChI is InChI=1S/C14H16ClN3O2/c1-20-6-4-11(16)14(19)18-12-8-10(15)7-9-3-2-5-17-13(9)12/h2-3,5,7-8,11H,4,6,16H2,1H3,(H,18,19). The molecule has 5 nitrogen and oxygen atoms in total. The number of carbonyl (C=O) groups is 1. The monoisotopic (exact) mass is 293 g/mol. The lowest BCUT2D eigenvalue weighted by Crippen LogP contribution is -2.36. The SMILES string of the molecule is COCCC(N)C(=O)Nc1cc(Cl)cc2cccnc12. The van der Waals surface area contributed by atoms with Crippen LogP contribution in [0.5, 0.6) is 0 Å². The number of methoxy groups -OCH3 is 1. The number of benzene rings is 1. The van der Waals surface area contributed by atoms with Gasteiger partial charge in [0.05, 0.1) is 17.2 Å². The van der Waals surface area contributed by atoms with E-state index in [1.807, 2.05) is 12.1 Å². The Balaban J connectivity index is 2.23. The van der Waals surface area contributed by atoms with E-state index in [-0.39, 0.29) is 5.91 Å².